The number of carbonyl (C=O) groups is 1. The predicted octanol–water partition coefficient (Wildman–Crippen LogP) is 4.92. The molecule has 2 rings (SSSR count). The molecule has 0 aliphatic rings. The molecule has 0 aliphatic carbocycles. The molecule has 2 aromatic rings. The van der Waals surface area contributed by atoms with Crippen LogP contribution >= 0.6 is 0 Å². The van der Waals surface area contributed by atoms with Gasteiger partial charge >= 0.3 is 6.16 Å². The summed E-state index contributed by atoms with van der Waals surface area (Å²) < 4.78 is 10.3. The van der Waals surface area contributed by atoms with Crippen molar-refractivity contribution in [3.05, 3.63) is 59.7 Å². The Morgan fingerprint density at radius 2 is 1.43 bits per heavy atom. The fourth-order valence-electron chi connectivity index (χ4n) is 1.92. The van der Waals surface area contributed by atoms with E-state index in [9.17, 15) is 4.79 Å². The molecule has 0 spiro atoms. The molecule has 0 aliphatic heterocycles. The van der Waals surface area contributed by atoms with Gasteiger partial charge in [0.05, 0.1) is 0 Å². The van der Waals surface area contributed by atoms with E-state index in [1.807, 2.05) is 31.2 Å². The van der Waals surface area contributed by atoms with Crippen LogP contribution in [0.4, 0.5) is 4.79 Å². The quantitative estimate of drug-likeness (QED) is 0.577. The second kappa shape index (κ2) is 7.48. The molecule has 3 nitrogen and oxygen atoms in total. The summed E-state index contributed by atoms with van der Waals surface area (Å²) in [5, 5.41) is 0. The molecule has 0 fully saturated rings. The third-order valence-electron chi connectivity index (χ3n) is 3.17. The number of ether oxygens (including phenoxy) is 2. The van der Waals surface area contributed by atoms with E-state index in [1.54, 1.807) is 24.3 Å². The highest BCUT2D eigenvalue weighted by Gasteiger charge is 2.07. The van der Waals surface area contributed by atoms with Crippen molar-refractivity contribution in [2.45, 2.75) is 33.1 Å². The van der Waals surface area contributed by atoms with Crippen LogP contribution in [-0.2, 0) is 6.42 Å². The average molecular weight is 284 g/mol. The molecule has 0 heterocycles. The van der Waals surface area contributed by atoms with Crippen LogP contribution in [0.3, 0.4) is 0 Å². The molecule has 0 amide bonds. The molecule has 2 aromatic carbocycles. The van der Waals surface area contributed by atoms with Crippen molar-refractivity contribution in [3.63, 3.8) is 0 Å². The van der Waals surface area contributed by atoms with Crippen LogP contribution in [0.1, 0.15) is 30.9 Å². The van der Waals surface area contributed by atoms with Crippen molar-refractivity contribution in [2.24, 2.45) is 0 Å². The summed E-state index contributed by atoms with van der Waals surface area (Å²) in [6, 6.07) is 14.8. The monoisotopic (exact) mass is 284 g/mol. The predicted molar refractivity (Wildman–Crippen MR) is 82.9 cm³/mol. The Morgan fingerprint density at radius 3 is 1.95 bits per heavy atom. The number of benzene rings is 2. The largest absolute Gasteiger partial charge is 0.519 e. The molecule has 0 bridgehead atoms. The standard InChI is InChI=1S/C18H20O3/c1-3-4-5-15-8-12-17(13-9-15)21-18(19)20-16-10-6-14(2)7-11-16/h6-13H,3-5H2,1-2H3. The molecular formula is C18H20O3. The van der Waals surface area contributed by atoms with Gasteiger partial charge in [-0.25, -0.2) is 4.79 Å². The molecule has 110 valence electrons. The van der Waals surface area contributed by atoms with E-state index in [0.29, 0.717) is 11.5 Å². The number of hydrogen-bond acceptors (Lipinski definition) is 3. The van der Waals surface area contributed by atoms with Gasteiger partial charge in [0.2, 0.25) is 0 Å². The normalized spacial score (nSPS) is 10.2. The summed E-state index contributed by atoms with van der Waals surface area (Å²) in [6.45, 7) is 4.14. The van der Waals surface area contributed by atoms with E-state index in [4.69, 9.17) is 9.47 Å². The maximum Gasteiger partial charge on any atom is 0.519 e. The number of carbonyl (C=O) groups excluding carboxylic acids is 1. The highest BCUT2D eigenvalue weighted by molar-refractivity contribution is 5.67. The minimum atomic E-state index is -0.722. The molecule has 0 N–H and O–H groups in total. The lowest BCUT2D eigenvalue weighted by atomic mass is 10.1. The summed E-state index contributed by atoms with van der Waals surface area (Å²) in [6.07, 6.45) is 2.65. The molecule has 0 radical (unpaired) electrons. The van der Waals surface area contributed by atoms with Crippen LogP contribution in [-0.4, -0.2) is 6.16 Å². The van der Waals surface area contributed by atoms with Gasteiger partial charge in [-0.3, -0.25) is 0 Å². The topological polar surface area (TPSA) is 35.5 Å². The maximum atomic E-state index is 11.7. The van der Waals surface area contributed by atoms with Gasteiger partial charge < -0.3 is 9.47 Å². The Kier molecular flexibility index (Phi) is 5.38. The van der Waals surface area contributed by atoms with Gasteiger partial charge in [0.15, 0.2) is 0 Å². The Morgan fingerprint density at radius 1 is 0.905 bits per heavy atom. The zero-order valence-electron chi connectivity index (χ0n) is 12.5. The van der Waals surface area contributed by atoms with Crippen LogP contribution in [0, 0.1) is 6.92 Å². The van der Waals surface area contributed by atoms with E-state index < -0.39 is 6.16 Å². The fourth-order valence-corrected chi connectivity index (χ4v) is 1.92. The molecule has 0 atom stereocenters. The summed E-state index contributed by atoms with van der Waals surface area (Å²) in [5.41, 5.74) is 2.36. The Bertz CT molecular complexity index is 570. The summed E-state index contributed by atoms with van der Waals surface area (Å²) in [7, 11) is 0. The van der Waals surface area contributed by atoms with Gasteiger partial charge in [0, 0.05) is 0 Å². The van der Waals surface area contributed by atoms with Gasteiger partial charge in [-0.15, -0.1) is 0 Å². The van der Waals surface area contributed by atoms with Crippen molar-refractivity contribution in [1.29, 1.82) is 0 Å². The van der Waals surface area contributed by atoms with Crippen molar-refractivity contribution >= 4 is 6.16 Å². The highest BCUT2D eigenvalue weighted by Crippen LogP contribution is 2.16. The average Bonchev–Trinajstić information content (AvgIpc) is 2.49. The molecule has 0 unspecified atom stereocenters. The second-order valence-electron chi connectivity index (χ2n) is 5.01. The molecule has 0 saturated heterocycles. The molecule has 0 saturated carbocycles. The van der Waals surface area contributed by atoms with Crippen LogP contribution in [0.5, 0.6) is 11.5 Å². The van der Waals surface area contributed by atoms with Crippen LogP contribution in [0.25, 0.3) is 0 Å². The maximum absolute atomic E-state index is 11.7. The van der Waals surface area contributed by atoms with Gasteiger partial charge in [0.25, 0.3) is 0 Å². The van der Waals surface area contributed by atoms with Gasteiger partial charge in [0.1, 0.15) is 11.5 Å². The Hall–Kier alpha value is -2.29. The van der Waals surface area contributed by atoms with Gasteiger partial charge in [-0.2, -0.15) is 0 Å². The van der Waals surface area contributed by atoms with Crippen molar-refractivity contribution in [1.82, 2.24) is 0 Å². The first-order valence-electron chi connectivity index (χ1n) is 7.22. The molecule has 21 heavy (non-hydrogen) atoms. The molecule has 0 aromatic heterocycles. The zero-order valence-corrected chi connectivity index (χ0v) is 12.5. The minimum Gasteiger partial charge on any atom is -0.395 e. The van der Waals surface area contributed by atoms with E-state index in [2.05, 4.69) is 6.92 Å². The molecular weight excluding hydrogens is 264 g/mol. The number of rotatable bonds is 5. The van der Waals surface area contributed by atoms with E-state index in [-0.39, 0.29) is 0 Å². The third kappa shape index (κ3) is 4.95. The summed E-state index contributed by atoms with van der Waals surface area (Å²) in [4.78, 5) is 11.7. The lowest BCUT2D eigenvalue weighted by Gasteiger charge is -2.06. The number of hydrogen-bond donors (Lipinski definition) is 0. The summed E-state index contributed by atoms with van der Waals surface area (Å²) in [5.74, 6) is 0.970. The van der Waals surface area contributed by atoms with Crippen LogP contribution in [0.2, 0.25) is 0 Å². The number of unbranched alkanes of at least 4 members (excludes halogenated alkanes) is 1. The van der Waals surface area contributed by atoms with Crippen molar-refractivity contribution in [2.75, 3.05) is 0 Å². The number of aryl methyl sites for hydroxylation is 2. The Balaban J connectivity index is 1.88. The Labute approximate surface area is 125 Å². The van der Waals surface area contributed by atoms with E-state index in [0.717, 1.165) is 18.4 Å². The third-order valence-corrected chi connectivity index (χ3v) is 3.17. The highest BCUT2D eigenvalue weighted by atomic mass is 16.7. The van der Waals surface area contributed by atoms with Crippen molar-refractivity contribution < 1.29 is 14.3 Å². The van der Waals surface area contributed by atoms with Crippen LogP contribution < -0.4 is 9.47 Å². The first kappa shape index (κ1) is 15.1. The second-order valence-corrected chi connectivity index (χ2v) is 5.01. The lowest BCUT2D eigenvalue weighted by molar-refractivity contribution is 0.152. The fraction of sp³-hybridized carbons (Fsp3) is 0.278. The van der Waals surface area contributed by atoms with E-state index >= 15 is 0 Å². The SMILES string of the molecule is CCCCc1ccc(OC(=O)Oc2ccc(C)cc2)cc1. The van der Waals surface area contributed by atoms with Gasteiger partial charge in [-0.05, 0) is 49.6 Å². The molecule has 3 heteroatoms. The first-order chi connectivity index (χ1) is 10.2. The van der Waals surface area contributed by atoms with Crippen LogP contribution in [0.15, 0.2) is 48.5 Å². The van der Waals surface area contributed by atoms with E-state index in [1.165, 1.54) is 12.0 Å². The summed E-state index contributed by atoms with van der Waals surface area (Å²) >= 11 is 0. The lowest BCUT2D eigenvalue weighted by Crippen LogP contribution is -2.13. The first-order valence-corrected chi connectivity index (χ1v) is 7.22. The van der Waals surface area contributed by atoms with Gasteiger partial charge in [-0.1, -0.05) is 43.2 Å². The van der Waals surface area contributed by atoms with Crippen molar-refractivity contribution in [3.8, 4) is 11.5 Å². The minimum absolute atomic E-state index is 0.477. The smallest absolute Gasteiger partial charge is 0.395 e. The zero-order chi connectivity index (χ0) is 15.1.